The molecule has 0 aliphatic carbocycles. The van der Waals surface area contributed by atoms with E-state index in [0.29, 0.717) is 26.4 Å². The van der Waals surface area contributed by atoms with Crippen molar-refractivity contribution in [1.29, 1.82) is 0 Å². The molecular formula is C23H43NO9S. The van der Waals surface area contributed by atoms with Gasteiger partial charge in [0, 0.05) is 6.61 Å². The number of ether oxygens (including phenoxy) is 4. The molecule has 0 unspecified atom stereocenters. The molecule has 0 saturated carbocycles. The average molecular weight is 510 g/mol. The van der Waals surface area contributed by atoms with Gasteiger partial charge < -0.3 is 34.5 Å². The van der Waals surface area contributed by atoms with Crippen LogP contribution in [0, 0.1) is 0 Å². The molecule has 0 aromatic heterocycles. The first-order valence-electron chi connectivity index (χ1n) is 12.1. The van der Waals surface area contributed by atoms with E-state index in [4.69, 9.17) is 29.2 Å². The second kappa shape index (κ2) is 24.7. The number of amides is 1. The Morgan fingerprint density at radius 3 is 1.56 bits per heavy atom. The van der Waals surface area contributed by atoms with E-state index >= 15 is 0 Å². The van der Waals surface area contributed by atoms with E-state index < -0.39 is 30.3 Å². The maximum atomic E-state index is 11.6. The number of carbonyl (C=O) groups is 3. The highest BCUT2D eigenvalue weighted by Gasteiger charge is 2.22. The number of aliphatic carboxylic acids is 2. The number of rotatable bonds is 26. The number of thiol groups is 1. The van der Waals surface area contributed by atoms with Gasteiger partial charge in [0.25, 0.3) is 0 Å². The van der Waals surface area contributed by atoms with E-state index in [2.05, 4.69) is 17.9 Å². The molecule has 0 rings (SSSR count). The molecule has 0 aromatic carbocycles. The average Bonchev–Trinajstić information content (AvgIpc) is 2.79. The first-order chi connectivity index (χ1) is 16.5. The van der Waals surface area contributed by atoms with Gasteiger partial charge in [-0.25, -0.2) is 4.79 Å². The summed E-state index contributed by atoms with van der Waals surface area (Å²) in [6.07, 6.45) is 10.7. The van der Waals surface area contributed by atoms with Crippen molar-refractivity contribution in [3.05, 3.63) is 0 Å². The molecule has 0 aromatic rings. The van der Waals surface area contributed by atoms with Gasteiger partial charge in [-0.15, -0.1) is 0 Å². The van der Waals surface area contributed by atoms with Gasteiger partial charge in [0.2, 0.25) is 5.91 Å². The molecule has 0 aliphatic rings. The largest absolute Gasteiger partial charge is 0.481 e. The van der Waals surface area contributed by atoms with Gasteiger partial charge in [-0.3, -0.25) is 9.59 Å². The minimum absolute atomic E-state index is 0.142. The number of hydrogen-bond acceptors (Lipinski definition) is 8. The van der Waals surface area contributed by atoms with Crippen LogP contribution in [-0.2, 0) is 33.3 Å². The van der Waals surface area contributed by atoms with Crippen molar-refractivity contribution < 1.29 is 43.5 Å². The summed E-state index contributed by atoms with van der Waals surface area (Å²) in [4.78, 5) is 33.0. The summed E-state index contributed by atoms with van der Waals surface area (Å²) in [6, 6.07) is -1.49. The van der Waals surface area contributed by atoms with Gasteiger partial charge in [-0.2, -0.15) is 12.6 Å². The highest BCUT2D eigenvalue weighted by Crippen LogP contribution is 2.10. The Bertz CT molecular complexity index is 523. The normalized spacial score (nSPS) is 11.9. The molecule has 0 spiro atoms. The van der Waals surface area contributed by atoms with Crippen LogP contribution in [0.5, 0.6) is 0 Å². The zero-order valence-electron chi connectivity index (χ0n) is 20.2. The van der Waals surface area contributed by atoms with Crippen molar-refractivity contribution in [2.45, 2.75) is 70.3 Å². The van der Waals surface area contributed by atoms with Crippen LogP contribution in [0.2, 0.25) is 0 Å². The number of carboxylic acids is 2. The lowest BCUT2D eigenvalue weighted by Crippen LogP contribution is -2.43. The Morgan fingerprint density at radius 1 is 0.647 bits per heavy atom. The topological polar surface area (TPSA) is 141 Å². The summed E-state index contributed by atoms with van der Waals surface area (Å²) < 4.78 is 21.3. The molecule has 1 amide bonds. The van der Waals surface area contributed by atoms with Crippen molar-refractivity contribution in [3.63, 3.8) is 0 Å². The van der Waals surface area contributed by atoms with Crippen LogP contribution in [-0.4, -0.2) is 92.7 Å². The lowest BCUT2D eigenvalue weighted by molar-refractivity contribution is -0.147. The third-order valence-corrected chi connectivity index (χ3v) is 5.12. The van der Waals surface area contributed by atoms with E-state index in [9.17, 15) is 14.4 Å². The zero-order chi connectivity index (χ0) is 25.3. The molecule has 3 N–H and O–H groups in total. The summed E-state index contributed by atoms with van der Waals surface area (Å²) >= 11 is 4.22. The highest BCUT2D eigenvalue weighted by molar-refractivity contribution is 7.80. The monoisotopic (exact) mass is 509 g/mol. The fourth-order valence-corrected chi connectivity index (χ4v) is 3.21. The molecule has 0 bridgehead atoms. The summed E-state index contributed by atoms with van der Waals surface area (Å²) in [7, 11) is 0. The summed E-state index contributed by atoms with van der Waals surface area (Å²) in [5.41, 5.74) is 0. The summed E-state index contributed by atoms with van der Waals surface area (Å²) in [5, 5.41) is 19.6. The van der Waals surface area contributed by atoms with Crippen LogP contribution in [0.15, 0.2) is 0 Å². The molecule has 0 radical (unpaired) electrons. The third-order valence-electron chi connectivity index (χ3n) is 4.81. The standard InChI is InChI=1S/C23H43NO9S/c25-21(24-20(23(28)29)18-22(26)27)19-33-16-15-32-14-13-31-12-11-30-10-8-6-4-2-1-3-5-7-9-17-34/h20,34H,1-19H2,(H,24,25)(H,26,27)(H,28,29)/t20-/m0/s1. The SMILES string of the molecule is O=C(O)C[C@H](NC(=O)COCCOCCOCCOCCCCCCCCCCCS)C(=O)O. The van der Waals surface area contributed by atoms with Crippen LogP contribution in [0.3, 0.4) is 0 Å². The summed E-state index contributed by atoms with van der Waals surface area (Å²) in [5.74, 6) is -2.44. The van der Waals surface area contributed by atoms with E-state index in [-0.39, 0.29) is 19.8 Å². The summed E-state index contributed by atoms with van der Waals surface area (Å²) in [6.45, 7) is 2.64. The van der Waals surface area contributed by atoms with Crippen molar-refractivity contribution in [2.24, 2.45) is 0 Å². The van der Waals surface area contributed by atoms with Gasteiger partial charge >= 0.3 is 11.9 Å². The van der Waals surface area contributed by atoms with Crippen molar-refractivity contribution in [2.75, 3.05) is 58.6 Å². The number of carboxylic acid groups (broad SMARTS) is 2. The predicted octanol–water partition coefficient (Wildman–Crippen LogP) is 2.54. The lowest BCUT2D eigenvalue weighted by Gasteiger charge is -2.12. The van der Waals surface area contributed by atoms with Crippen LogP contribution < -0.4 is 5.32 Å². The van der Waals surface area contributed by atoms with E-state index in [1.807, 2.05) is 0 Å². The third kappa shape index (κ3) is 23.7. The molecule has 1 atom stereocenters. The minimum atomic E-state index is -1.49. The second-order valence-corrected chi connectivity index (χ2v) is 8.30. The van der Waals surface area contributed by atoms with Gasteiger partial charge in [0.05, 0.1) is 46.1 Å². The first kappa shape index (κ1) is 32.6. The second-order valence-electron chi connectivity index (χ2n) is 7.85. The van der Waals surface area contributed by atoms with Crippen LogP contribution in [0.25, 0.3) is 0 Å². The number of nitrogens with one attached hydrogen (secondary N) is 1. The molecule has 0 fully saturated rings. The molecule has 0 heterocycles. The number of unbranched alkanes of at least 4 members (excludes halogenated alkanes) is 8. The van der Waals surface area contributed by atoms with Crippen molar-refractivity contribution in [3.8, 4) is 0 Å². The van der Waals surface area contributed by atoms with Gasteiger partial charge in [0.1, 0.15) is 12.6 Å². The zero-order valence-corrected chi connectivity index (χ0v) is 21.1. The van der Waals surface area contributed by atoms with E-state index in [0.717, 1.165) is 18.8 Å². The van der Waals surface area contributed by atoms with Gasteiger partial charge in [0.15, 0.2) is 0 Å². The van der Waals surface area contributed by atoms with E-state index in [1.54, 1.807) is 0 Å². The molecule has 0 aliphatic heterocycles. The molecule has 34 heavy (non-hydrogen) atoms. The van der Waals surface area contributed by atoms with Gasteiger partial charge in [-0.1, -0.05) is 44.9 Å². The fraction of sp³-hybridized carbons (Fsp3) is 0.870. The maximum Gasteiger partial charge on any atom is 0.326 e. The van der Waals surface area contributed by atoms with Crippen LogP contribution in [0.4, 0.5) is 0 Å². The van der Waals surface area contributed by atoms with Crippen LogP contribution in [0.1, 0.15) is 64.2 Å². The van der Waals surface area contributed by atoms with E-state index in [1.165, 1.54) is 51.4 Å². The number of hydrogen-bond donors (Lipinski definition) is 4. The van der Waals surface area contributed by atoms with Crippen molar-refractivity contribution >= 4 is 30.5 Å². The van der Waals surface area contributed by atoms with Crippen LogP contribution >= 0.6 is 12.6 Å². The molecule has 11 heteroatoms. The molecular weight excluding hydrogens is 466 g/mol. The Labute approximate surface area is 208 Å². The molecule has 0 saturated heterocycles. The Morgan fingerprint density at radius 2 is 1.09 bits per heavy atom. The van der Waals surface area contributed by atoms with Crippen molar-refractivity contribution in [1.82, 2.24) is 5.32 Å². The molecule has 200 valence electrons. The van der Waals surface area contributed by atoms with Gasteiger partial charge in [-0.05, 0) is 18.6 Å². The Hall–Kier alpha value is -1.40. The first-order valence-corrected chi connectivity index (χ1v) is 12.8. The Balaban J connectivity index is 3.30. The predicted molar refractivity (Wildman–Crippen MR) is 131 cm³/mol. The molecule has 10 nitrogen and oxygen atoms in total. The maximum absolute atomic E-state index is 11.6. The Kier molecular flexibility index (Phi) is 23.7. The number of carbonyl (C=O) groups excluding carboxylic acids is 1. The lowest BCUT2D eigenvalue weighted by atomic mass is 10.1. The highest BCUT2D eigenvalue weighted by atomic mass is 32.1. The smallest absolute Gasteiger partial charge is 0.326 e. The minimum Gasteiger partial charge on any atom is -0.481 e. The quantitative estimate of drug-likeness (QED) is 0.102. The fourth-order valence-electron chi connectivity index (χ4n) is 2.99.